The Morgan fingerprint density at radius 1 is 1.10 bits per heavy atom. The molecule has 0 spiro atoms. The highest BCUT2D eigenvalue weighted by molar-refractivity contribution is 6.75. The lowest BCUT2D eigenvalue weighted by Gasteiger charge is -2.35. The molecular formula is C30H35F3O5Si. The summed E-state index contributed by atoms with van der Waals surface area (Å²) in [6.45, 7) is 11.3. The standard InChI is InChI=1S/C30H35F3O5Si/c1-8-9-10-15-36-29(34)26-24-16-21(18-37-39(7,19(2)3)20(4)5)17-25(35-6)28(24)38-27(26)22-11-13-23(14-12-22)30(31,32)33/h1,11-14,16-17,19-20H,9-10,15,18H2,2-7H3. The molecule has 0 fully saturated rings. The predicted octanol–water partition coefficient (Wildman–Crippen LogP) is 8.61. The molecule has 0 saturated heterocycles. The number of fused-ring (bicyclic) bond motifs is 1. The van der Waals surface area contributed by atoms with E-state index in [-0.39, 0.29) is 17.9 Å². The second-order valence-electron chi connectivity index (χ2n) is 10.3. The lowest BCUT2D eigenvalue weighted by atomic mass is 10.0. The first kappa shape index (κ1) is 30.3. The SMILES string of the molecule is C#CCCCOC(=O)c1c(-c2ccc(C(F)(F)F)cc2)oc2c(OC)cc(CO[Si](C)(C(C)C)C(C)C)cc12. The summed E-state index contributed by atoms with van der Waals surface area (Å²) in [7, 11) is -0.590. The van der Waals surface area contributed by atoms with Crippen molar-refractivity contribution in [2.24, 2.45) is 0 Å². The van der Waals surface area contributed by atoms with E-state index in [0.29, 0.717) is 52.8 Å². The zero-order chi connectivity index (χ0) is 29.0. The molecule has 3 rings (SSSR count). The molecule has 0 atom stereocenters. The quantitative estimate of drug-likeness (QED) is 0.102. The van der Waals surface area contributed by atoms with Crippen molar-refractivity contribution in [3.8, 4) is 29.4 Å². The van der Waals surface area contributed by atoms with Gasteiger partial charge in [0.15, 0.2) is 19.6 Å². The number of carbonyl (C=O) groups excluding carboxylic acids is 1. The van der Waals surface area contributed by atoms with Crippen LogP contribution in [0.2, 0.25) is 17.6 Å². The highest BCUT2D eigenvalue weighted by Crippen LogP contribution is 2.41. The van der Waals surface area contributed by atoms with E-state index in [2.05, 4.69) is 40.2 Å². The number of terminal acetylenes is 1. The van der Waals surface area contributed by atoms with E-state index < -0.39 is 26.0 Å². The number of carbonyl (C=O) groups is 1. The minimum Gasteiger partial charge on any atom is -0.493 e. The summed E-state index contributed by atoms with van der Waals surface area (Å²) in [6, 6.07) is 8.03. The molecule has 3 aromatic rings. The van der Waals surface area contributed by atoms with E-state index in [4.69, 9.17) is 24.7 Å². The van der Waals surface area contributed by atoms with Crippen LogP contribution in [0.25, 0.3) is 22.3 Å². The fourth-order valence-electron chi connectivity index (χ4n) is 4.33. The van der Waals surface area contributed by atoms with Crippen LogP contribution in [-0.2, 0) is 21.9 Å². The molecule has 2 aromatic carbocycles. The maximum absolute atomic E-state index is 13.3. The fourth-order valence-corrected chi connectivity index (χ4v) is 6.80. The normalized spacial score (nSPS) is 12.3. The Morgan fingerprint density at radius 3 is 2.28 bits per heavy atom. The number of unbranched alkanes of at least 4 members (excludes halogenated alkanes) is 1. The molecule has 0 saturated carbocycles. The summed E-state index contributed by atoms with van der Waals surface area (Å²) in [4.78, 5) is 13.3. The van der Waals surface area contributed by atoms with E-state index in [1.807, 2.05) is 0 Å². The molecule has 39 heavy (non-hydrogen) atoms. The van der Waals surface area contributed by atoms with Crippen LogP contribution in [0.4, 0.5) is 13.2 Å². The third-order valence-electron chi connectivity index (χ3n) is 7.25. The zero-order valence-electron chi connectivity index (χ0n) is 23.2. The fraction of sp³-hybridized carbons (Fsp3) is 0.433. The number of hydrogen-bond acceptors (Lipinski definition) is 5. The Kier molecular flexibility index (Phi) is 9.57. The van der Waals surface area contributed by atoms with E-state index in [0.717, 1.165) is 17.7 Å². The summed E-state index contributed by atoms with van der Waals surface area (Å²) in [5.74, 6) is 2.31. The maximum atomic E-state index is 13.3. The Morgan fingerprint density at radius 2 is 1.74 bits per heavy atom. The lowest BCUT2D eigenvalue weighted by Crippen LogP contribution is -2.41. The van der Waals surface area contributed by atoms with Gasteiger partial charge in [0.05, 0.1) is 25.9 Å². The van der Waals surface area contributed by atoms with Crippen molar-refractivity contribution in [3.05, 3.63) is 53.1 Å². The highest BCUT2D eigenvalue weighted by Gasteiger charge is 2.37. The number of furan rings is 1. The summed E-state index contributed by atoms with van der Waals surface area (Å²) in [5.41, 5.74) is 1.45. The van der Waals surface area contributed by atoms with E-state index in [9.17, 15) is 18.0 Å². The van der Waals surface area contributed by atoms with Gasteiger partial charge in [0.25, 0.3) is 0 Å². The van der Waals surface area contributed by atoms with E-state index >= 15 is 0 Å². The first-order valence-corrected chi connectivity index (χ1v) is 15.4. The third kappa shape index (κ3) is 6.68. The molecule has 0 aliphatic heterocycles. The number of rotatable bonds is 11. The Bertz CT molecular complexity index is 1330. The number of esters is 1. The second kappa shape index (κ2) is 12.3. The summed E-state index contributed by atoms with van der Waals surface area (Å²) in [5, 5.41) is 0.433. The molecule has 5 nitrogen and oxygen atoms in total. The largest absolute Gasteiger partial charge is 0.493 e. The smallest absolute Gasteiger partial charge is 0.416 e. The van der Waals surface area contributed by atoms with E-state index in [1.165, 1.54) is 19.2 Å². The Hall–Kier alpha value is -3.22. The first-order valence-electron chi connectivity index (χ1n) is 12.9. The summed E-state index contributed by atoms with van der Waals surface area (Å²) < 4.78 is 63.2. The van der Waals surface area contributed by atoms with E-state index in [1.54, 1.807) is 12.1 Å². The lowest BCUT2D eigenvalue weighted by molar-refractivity contribution is -0.137. The average molecular weight is 561 g/mol. The van der Waals surface area contributed by atoms with Crippen LogP contribution >= 0.6 is 0 Å². The minimum atomic E-state index is -4.49. The molecule has 0 aliphatic rings. The number of halogens is 3. The molecule has 0 N–H and O–H groups in total. The van der Waals surface area contributed by atoms with Crippen molar-refractivity contribution in [1.82, 2.24) is 0 Å². The molecule has 210 valence electrons. The van der Waals surface area contributed by atoms with Crippen LogP contribution in [0.15, 0.2) is 40.8 Å². The topological polar surface area (TPSA) is 57.9 Å². The van der Waals surface area contributed by atoms with Crippen LogP contribution in [-0.4, -0.2) is 28.0 Å². The molecule has 0 amide bonds. The third-order valence-corrected chi connectivity index (χ3v) is 12.6. The van der Waals surface area contributed by atoms with Crippen molar-refractivity contribution in [1.29, 1.82) is 0 Å². The molecule has 0 aliphatic carbocycles. The van der Waals surface area contributed by atoms with Gasteiger partial charge in [-0.1, -0.05) is 39.8 Å². The molecule has 0 bridgehead atoms. The number of alkyl halides is 3. The Labute approximate surface area is 228 Å². The molecule has 9 heteroatoms. The van der Waals surface area contributed by atoms with Crippen molar-refractivity contribution in [2.75, 3.05) is 13.7 Å². The number of benzene rings is 2. The van der Waals surface area contributed by atoms with Gasteiger partial charge in [0.2, 0.25) is 0 Å². The molecule has 0 unspecified atom stereocenters. The second-order valence-corrected chi connectivity index (χ2v) is 15.2. The van der Waals surface area contributed by atoms with Gasteiger partial charge in [-0.3, -0.25) is 0 Å². The van der Waals surface area contributed by atoms with Crippen molar-refractivity contribution in [2.45, 2.75) is 70.9 Å². The van der Waals surface area contributed by atoms with Gasteiger partial charge >= 0.3 is 12.1 Å². The monoisotopic (exact) mass is 560 g/mol. The Balaban J connectivity index is 2.13. The van der Waals surface area contributed by atoms with Crippen LogP contribution in [0.5, 0.6) is 5.75 Å². The summed E-state index contributed by atoms with van der Waals surface area (Å²) >= 11 is 0. The van der Waals surface area contributed by atoms with Crippen LogP contribution < -0.4 is 4.74 Å². The van der Waals surface area contributed by atoms with Crippen LogP contribution in [0, 0.1) is 12.3 Å². The first-order chi connectivity index (χ1) is 18.3. The number of ether oxygens (including phenoxy) is 2. The van der Waals surface area contributed by atoms with Gasteiger partial charge in [-0.05, 0) is 53.9 Å². The minimum absolute atomic E-state index is 0.0921. The zero-order valence-corrected chi connectivity index (χ0v) is 24.2. The molecule has 1 aromatic heterocycles. The molecule has 0 radical (unpaired) electrons. The van der Waals surface area contributed by atoms with Gasteiger partial charge in [0, 0.05) is 17.4 Å². The molecule has 1 heterocycles. The highest BCUT2D eigenvalue weighted by atomic mass is 28.4. The van der Waals surface area contributed by atoms with Gasteiger partial charge in [-0.15, -0.1) is 12.3 Å². The van der Waals surface area contributed by atoms with Gasteiger partial charge < -0.3 is 18.3 Å². The van der Waals surface area contributed by atoms with Crippen LogP contribution in [0.3, 0.4) is 0 Å². The van der Waals surface area contributed by atoms with Gasteiger partial charge in [-0.2, -0.15) is 13.2 Å². The number of methoxy groups -OCH3 is 1. The maximum Gasteiger partial charge on any atom is 0.416 e. The van der Waals surface area contributed by atoms with Gasteiger partial charge in [0.1, 0.15) is 11.3 Å². The van der Waals surface area contributed by atoms with Crippen molar-refractivity contribution < 1.29 is 36.3 Å². The van der Waals surface area contributed by atoms with Crippen LogP contribution in [0.1, 0.15) is 62.0 Å². The molecular weight excluding hydrogens is 525 g/mol. The average Bonchev–Trinajstić information content (AvgIpc) is 3.28. The van der Waals surface area contributed by atoms with Crippen molar-refractivity contribution in [3.63, 3.8) is 0 Å². The predicted molar refractivity (Wildman–Crippen MR) is 148 cm³/mol. The van der Waals surface area contributed by atoms with Gasteiger partial charge in [-0.25, -0.2) is 4.79 Å². The number of hydrogen-bond donors (Lipinski definition) is 0. The van der Waals surface area contributed by atoms with Crippen molar-refractivity contribution >= 4 is 25.3 Å². The summed E-state index contributed by atoms with van der Waals surface area (Å²) in [6.07, 6.45) is 1.72.